The van der Waals surface area contributed by atoms with E-state index in [2.05, 4.69) is 4.98 Å². The Morgan fingerprint density at radius 3 is 2.52 bits per heavy atom. The molecule has 1 atom stereocenters. The smallest absolute Gasteiger partial charge is 0.255 e. The van der Waals surface area contributed by atoms with E-state index in [1.807, 2.05) is 48.2 Å². The summed E-state index contributed by atoms with van der Waals surface area (Å²) in [6.45, 7) is 3.22. The summed E-state index contributed by atoms with van der Waals surface area (Å²) in [4.78, 5) is 18.7. The molecule has 1 aliphatic rings. The monoisotopic (exact) mass is 310 g/mol. The number of aliphatic hydroxyl groups is 1. The van der Waals surface area contributed by atoms with Gasteiger partial charge in [-0.25, -0.2) is 0 Å². The number of piperidine rings is 1. The van der Waals surface area contributed by atoms with Crippen molar-refractivity contribution in [2.75, 3.05) is 13.1 Å². The van der Waals surface area contributed by atoms with Crippen LogP contribution >= 0.6 is 0 Å². The highest BCUT2D eigenvalue weighted by Gasteiger charge is 2.29. The van der Waals surface area contributed by atoms with E-state index in [4.69, 9.17) is 0 Å². The summed E-state index contributed by atoms with van der Waals surface area (Å²) in [5, 5.41) is 10.5. The summed E-state index contributed by atoms with van der Waals surface area (Å²) in [6.07, 6.45) is 2.89. The normalized spacial score (nSPS) is 17.0. The van der Waals surface area contributed by atoms with Crippen molar-refractivity contribution >= 4 is 5.91 Å². The van der Waals surface area contributed by atoms with E-state index >= 15 is 0 Å². The molecule has 1 unspecified atom stereocenters. The third-order valence-corrected chi connectivity index (χ3v) is 4.65. The molecule has 0 aliphatic carbocycles. The third-order valence-electron chi connectivity index (χ3n) is 4.65. The average Bonchev–Trinajstić information content (AvgIpc) is 2.62. The van der Waals surface area contributed by atoms with Crippen molar-refractivity contribution in [2.45, 2.75) is 25.9 Å². The molecule has 2 heterocycles. The first-order valence-electron chi connectivity index (χ1n) is 8.10. The Morgan fingerprint density at radius 1 is 1.17 bits per heavy atom. The minimum absolute atomic E-state index is 0.0447. The highest BCUT2D eigenvalue weighted by atomic mass is 16.3. The summed E-state index contributed by atoms with van der Waals surface area (Å²) in [6, 6.07) is 13.4. The van der Waals surface area contributed by atoms with Crippen LogP contribution in [0.4, 0.5) is 0 Å². The van der Waals surface area contributed by atoms with Crippen molar-refractivity contribution in [3.63, 3.8) is 0 Å². The van der Waals surface area contributed by atoms with E-state index in [-0.39, 0.29) is 11.8 Å². The summed E-state index contributed by atoms with van der Waals surface area (Å²) in [5.41, 5.74) is 2.40. The first kappa shape index (κ1) is 15.7. The molecule has 4 nitrogen and oxygen atoms in total. The summed E-state index contributed by atoms with van der Waals surface area (Å²) < 4.78 is 0. The van der Waals surface area contributed by atoms with Gasteiger partial charge in [0.1, 0.15) is 0 Å². The van der Waals surface area contributed by atoms with Gasteiger partial charge in [0.05, 0.1) is 11.7 Å². The van der Waals surface area contributed by atoms with Gasteiger partial charge in [-0.1, -0.05) is 30.3 Å². The van der Waals surface area contributed by atoms with Crippen molar-refractivity contribution in [3.05, 3.63) is 65.5 Å². The summed E-state index contributed by atoms with van der Waals surface area (Å²) >= 11 is 0. The largest absolute Gasteiger partial charge is 0.388 e. The minimum atomic E-state index is -0.450. The van der Waals surface area contributed by atoms with Crippen molar-refractivity contribution in [2.24, 2.45) is 5.92 Å². The molecule has 23 heavy (non-hydrogen) atoms. The van der Waals surface area contributed by atoms with Crippen LogP contribution in [0.3, 0.4) is 0 Å². The number of aromatic nitrogens is 1. The second kappa shape index (κ2) is 6.92. The third kappa shape index (κ3) is 3.42. The molecule has 1 aromatic heterocycles. The molecule has 0 spiro atoms. The molecule has 0 saturated carbocycles. The molecular weight excluding hydrogens is 288 g/mol. The lowest BCUT2D eigenvalue weighted by Crippen LogP contribution is -2.40. The van der Waals surface area contributed by atoms with Gasteiger partial charge in [0, 0.05) is 25.0 Å². The Bertz CT molecular complexity index is 664. The zero-order valence-corrected chi connectivity index (χ0v) is 13.4. The Hall–Kier alpha value is -2.20. The molecule has 0 bridgehead atoms. The number of pyridine rings is 1. The second-order valence-corrected chi connectivity index (χ2v) is 6.12. The molecule has 3 rings (SSSR count). The maximum absolute atomic E-state index is 12.6. The maximum atomic E-state index is 12.6. The number of hydrogen-bond acceptors (Lipinski definition) is 3. The lowest BCUT2D eigenvalue weighted by Gasteiger charge is -2.34. The van der Waals surface area contributed by atoms with Crippen LogP contribution in [0.5, 0.6) is 0 Å². The lowest BCUT2D eigenvalue weighted by atomic mass is 9.87. The lowest BCUT2D eigenvalue weighted by molar-refractivity contribution is 0.0461. The first-order valence-corrected chi connectivity index (χ1v) is 8.10. The van der Waals surface area contributed by atoms with Crippen LogP contribution in [0, 0.1) is 12.8 Å². The number of likely N-dealkylation sites (tertiary alicyclic amines) is 1. The molecule has 1 aliphatic heterocycles. The van der Waals surface area contributed by atoms with Gasteiger partial charge in [0.2, 0.25) is 0 Å². The number of aliphatic hydroxyl groups excluding tert-OH is 1. The van der Waals surface area contributed by atoms with Gasteiger partial charge < -0.3 is 10.0 Å². The minimum Gasteiger partial charge on any atom is -0.388 e. The Balaban J connectivity index is 1.62. The first-order chi connectivity index (χ1) is 11.2. The number of rotatable bonds is 3. The van der Waals surface area contributed by atoms with Crippen LogP contribution in [0.2, 0.25) is 0 Å². The average molecular weight is 310 g/mol. The van der Waals surface area contributed by atoms with Crippen molar-refractivity contribution in [1.29, 1.82) is 0 Å². The fourth-order valence-electron chi connectivity index (χ4n) is 3.22. The molecule has 2 aromatic rings. The van der Waals surface area contributed by atoms with Gasteiger partial charge in [-0.2, -0.15) is 0 Å². The zero-order valence-electron chi connectivity index (χ0n) is 13.4. The number of amides is 1. The van der Waals surface area contributed by atoms with Gasteiger partial charge >= 0.3 is 0 Å². The Labute approximate surface area is 136 Å². The predicted molar refractivity (Wildman–Crippen MR) is 89.0 cm³/mol. The number of aryl methyl sites for hydroxylation is 1. The number of hydrogen-bond donors (Lipinski definition) is 1. The highest BCUT2D eigenvalue weighted by molar-refractivity contribution is 5.95. The molecule has 1 fully saturated rings. The molecule has 1 aromatic carbocycles. The van der Waals surface area contributed by atoms with Gasteiger partial charge in [-0.05, 0) is 43.4 Å². The highest BCUT2D eigenvalue weighted by Crippen LogP contribution is 2.31. The number of nitrogens with zero attached hydrogens (tertiary/aromatic N) is 2. The molecule has 1 amide bonds. The van der Waals surface area contributed by atoms with E-state index in [0.29, 0.717) is 18.7 Å². The van der Waals surface area contributed by atoms with E-state index in [1.54, 1.807) is 12.3 Å². The van der Waals surface area contributed by atoms with Crippen molar-refractivity contribution < 1.29 is 9.90 Å². The maximum Gasteiger partial charge on any atom is 0.255 e. The van der Waals surface area contributed by atoms with Crippen LogP contribution in [-0.4, -0.2) is 34.0 Å². The summed E-state index contributed by atoms with van der Waals surface area (Å²) in [7, 11) is 0. The second-order valence-electron chi connectivity index (χ2n) is 6.12. The molecule has 0 radical (unpaired) electrons. The molecule has 4 heteroatoms. The predicted octanol–water partition coefficient (Wildman–Crippen LogP) is 2.98. The Kier molecular flexibility index (Phi) is 4.72. The zero-order chi connectivity index (χ0) is 16.2. The van der Waals surface area contributed by atoms with Crippen LogP contribution in [0.1, 0.15) is 40.6 Å². The van der Waals surface area contributed by atoms with Crippen molar-refractivity contribution in [3.8, 4) is 0 Å². The number of carbonyl (C=O) groups is 1. The standard InChI is InChI=1S/C19H22N2O2/c1-14-17(8-5-11-20-14)19(23)21-12-9-16(10-13-21)18(22)15-6-3-2-4-7-15/h2-8,11,16,18,22H,9-10,12-13H2,1H3. The molecule has 1 saturated heterocycles. The van der Waals surface area contributed by atoms with Gasteiger partial charge in [0.25, 0.3) is 5.91 Å². The summed E-state index contributed by atoms with van der Waals surface area (Å²) in [5.74, 6) is 0.250. The molecule has 1 N–H and O–H groups in total. The van der Waals surface area contributed by atoms with Crippen molar-refractivity contribution in [1.82, 2.24) is 9.88 Å². The van der Waals surface area contributed by atoms with Gasteiger partial charge in [-0.3, -0.25) is 9.78 Å². The van der Waals surface area contributed by atoms with E-state index < -0.39 is 6.10 Å². The number of benzene rings is 1. The van der Waals surface area contributed by atoms with E-state index in [0.717, 1.165) is 24.1 Å². The van der Waals surface area contributed by atoms with E-state index in [9.17, 15) is 9.90 Å². The van der Waals surface area contributed by atoms with Crippen LogP contribution < -0.4 is 0 Å². The van der Waals surface area contributed by atoms with E-state index in [1.165, 1.54) is 0 Å². The fraction of sp³-hybridized carbons (Fsp3) is 0.368. The van der Waals surface area contributed by atoms with Gasteiger partial charge in [-0.15, -0.1) is 0 Å². The van der Waals surface area contributed by atoms with Crippen LogP contribution in [0.15, 0.2) is 48.7 Å². The molecule has 120 valence electrons. The fourth-order valence-corrected chi connectivity index (χ4v) is 3.22. The Morgan fingerprint density at radius 2 is 1.87 bits per heavy atom. The van der Waals surface area contributed by atoms with Crippen LogP contribution in [-0.2, 0) is 0 Å². The quantitative estimate of drug-likeness (QED) is 0.948. The molecular formula is C19H22N2O2. The number of carbonyl (C=O) groups excluding carboxylic acids is 1. The SMILES string of the molecule is Cc1ncccc1C(=O)N1CCC(C(O)c2ccccc2)CC1. The van der Waals surface area contributed by atoms with Gasteiger partial charge in [0.15, 0.2) is 0 Å². The van der Waals surface area contributed by atoms with Crippen LogP contribution in [0.25, 0.3) is 0 Å². The topological polar surface area (TPSA) is 53.4 Å².